The van der Waals surface area contributed by atoms with Crippen LogP contribution >= 0.6 is 23.8 Å². The highest BCUT2D eigenvalue weighted by atomic mass is 35.5. The number of benzene rings is 1. The van der Waals surface area contributed by atoms with Crippen LogP contribution in [-0.2, 0) is 4.79 Å². The lowest BCUT2D eigenvalue weighted by atomic mass is 10.2. The van der Waals surface area contributed by atoms with E-state index in [1.807, 2.05) is 19.1 Å². The molecule has 0 heterocycles. The van der Waals surface area contributed by atoms with Crippen molar-refractivity contribution in [2.24, 2.45) is 0 Å². The summed E-state index contributed by atoms with van der Waals surface area (Å²) < 4.78 is 0. The fourth-order valence-corrected chi connectivity index (χ4v) is 1.51. The van der Waals surface area contributed by atoms with Crippen LogP contribution in [0.2, 0.25) is 5.02 Å². The van der Waals surface area contributed by atoms with Gasteiger partial charge in [-0.25, -0.2) is 0 Å². The minimum atomic E-state index is -0.114. The molecule has 1 aromatic rings. The molecule has 0 aliphatic heterocycles. The van der Waals surface area contributed by atoms with E-state index < -0.39 is 0 Å². The molecular formula is C11H13ClN2OS. The standard InChI is InChI=1S/C11H13ClN2OS/c1-3-10(15)14-11(16)13-9-6-4-5-8(12)7(9)2/h4-6H,3H2,1-2H3,(H2,13,14,15,16). The molecule has 0 aliphatic carbocycles. The lowest BCUT2D eigenvalue weighted by Gasteiger charge is -2.11. The second kappa shape index (κ2) is 5.82. The van der Waals surface area contributed by atoms with Crippen LogP contribution in [0.25, 0.3) is 0 Å². The van der Waals surface area contributed by atoms with Crippen molar-refractivity contribution in [2.75, 3.05) is 5.32 Å². The number of hydrogen-bond donors (Lipinski definition) is 2. The minimum absolute atomic E-state index is 0.114. The van der Waals surface area contributed by atoms with Gasteiger partial charge in [-0.3, -0.25) is 4.79 Å². The molecule has 3 nitrogen and oxygen atoms in total. The molecule has 0 radical (unpaired) electrons. The molecule has 1 aromatic carbocycles. The van der Waals surface area contributed by atoms with E-state index >= 15 is 0 Å². The normalized spacial score (nSPS) is 9.69. The van der Waals surface area contributed by atoms with E-state index in [0.717, 1.165) is 11.3 Å². The molecule has 0 bridgehead atoms. The number of hydrogen-bond acceptors (Lipinski definition) is 2. The number of rotatable bonds is 2. The molecule has 0 atom stereocenters. The van der Waals surface area contributed by atoms with Crippen molar-refractivity contribution < 1.29 is 4.79 Å². The third-order valence-electron chi connectivity index (χ3n) is 2.09. The van der Waals surface area contributed by atoms with Crippen molar-refractivity contribution in [1.82, 2.24) is 5.32 Å². The van der Waals surface area contributed by atoms with Gasteiger partial charge in [-0.2, -0.15) is 0 Å². The maximum Gasteiger partial charge on any atom is 0.225 e. The van der Waals surface area contributed by atoms with E-state index in [2.05, 4.69) is 10.6 Å². The molecule has 0 unspecified atom stereocenters. The summed E-state index contributed by atoms with van der Waals surface area (Å²) in [5.74, 6) is -0.114. The minimum Gasteiger partial charge on any atom is -0.332 e. The van der Waals surface area contributed by atoms with Crippen LogP contribution in [0.4, 0.5) is 5.69 Å². The number of amides is 1. The first-order valence-electron chi connectivity index (χ1n) is 4.90. The molecule has 1 amide bonds. The van der Waals surface area contributed by atoms with E-state index in [0.29, 0.717) is 11.4 Å². The fourth-order valence-electron chi connectivity index (χ4n) is 1.11. The smallest absolute Gasteiger partial charge is 0.225 e. The fraction of sp³-hybridized carbons (Fsp3) is 0.273. The Balaban J connectivity index is 2.70. The Kier molecular flexibility index (Phi) is 4.71. The quantitative estimate of drug-likeness (QED) is 0.800. The Labute approximate surface area is 105 Å². The van der Waals surface area contributed by atoms with Gasteiger partial charge in [0.1, 0.15) is 0 Å². The van der Waals surface area contributed by atoms with E-state index in [9.17, 15) is 4.79 Å². The monoisotopic (exact) mass is 256 g/mol. The number of halogens is 1. The summed E-state index contributed by atoms with van der Waals surface area (Å²) in [7, 11) is 0. The summed E-state index contributed by atoms with van der Waals surface area (Å²) in [5, 5.41) is 6.45. The molecule has 5 heteroatoms. The molecule has 0 saturated carbocycles. The van der Waals surface area contributed by atoms with Crippen LogP contribution in [-0.4, -0.2) is 11.0 Å². The SMILES string of the molecule is CCC(=O)NC(=S)Nc1cccc(Cl)c1C. The Morgan fingerprint density at radius 3 is 2.81 bits per heavy atom. The number of thiocarbonyl (C=S) groups is 1. The molecule has 0 fully saturated rings. The first-order chi connectivity index (χ1) is 7.54. The maximum atomic E-state index is 11.1. The zero-order valence-electron chi connectivity index (χ0n) is 9.13. The van der Waals surface area contributed by atoms with E-state index in [-0.39, 0.29) is 11.0 Å². The Morgan fingerprint density at radius 2 is 2.19 bits per heavy atom. The van der Waals surface area contributed by atoms with E-state index in [4.69, 9.17) is 23.8 Å². The van der Waals surface area contributed by atoms with E-state index in [1.54, 1.807) is 13.0 Å². The average Bonchev–Trinajstić information content (AvgIpc) is 2.24. The lowest BCUT2D eigenvalue weighted by molar-refractivity contribution is -0.119. The summed E-state index contributed by atoms with van der Waals surface area (Å²) in [4.78, 5) is 11.1. The van der Waals surface area contributed by atoms with Crippen LogP contribution in [0.1, 0.15) is 18.9 Å². The molecule has 2 N–H and O–H groups in total. The molecule has 0 spiro atoms. The molecule has 86 valence electrons. The second-order valence-electron chi connectivity index (χ2n) is 3.27. The highest BCUT2D eigenvalue weighted by Gasteiger charge is 2.05. The molecule has 0 aromatic heterocycles. The zero-order valence-corrected chi connectivity index (χ0v) is 10.7. The van der Waals surface area contributed by atoms with Crippen molar-refractivity contribution in [2.45, 2.75) is 20.3 Å². The molecule has 1 rings (SSSR count). The van der Waals surface area contributed by atoms with Gasteiger partial charge in [-0.15, -0.1) is 0 Å². The summed E-state index contributed by atoms with van der Waals surface area (Å²) >= 11 is 11.0. The third-order valence-corrected chi connectivity index (χ3v) is 2.70. The third kappa shape index (κ3) is 3.47. The average molecular weight is 257 g/mol. The van der Waals surface area contributed by atoms with Crippen LogP contribution in [0.3, 0.4) is 0 Å². The maximum absolute atomic E-state index is 11.1. The second-order valence-corrected chi connectivity index (χ2v) is 4.08. The number of anilines is 1. The van der Waals surface area contributed by atoms with Gasteiger partial charge in [0.25, 0.3) is 0 Å². The van der Waals surface area contributed by atoms with Gasteiger partial charge < -0.3 is 10.6 Å². The number of carbonyl (C=O) groups is 1. The van der Waals surface area contributed by atoms with Crippen LogP contribution in [0.5, 0.6) is 0 Å². The van der Waals surface area contributed by atoms with Gasteiger partial charge in [0.05, 0.1) is 0 Å². The lowest BCUT2D eigenvalue weighted by Crippen LogP contribution is -2.33. The Bertz CT molecular complexity index is 420. The van der Waals surface area contributed by atoms with Crippen molar-refractivity contribution >= 4 is 40.5 Å². The summed E-state index contributed by atoms with van der Waals surface area (Å²) in [6, 6.07) is 5.48. The van der Waals surface area contributed by atoms with Crippen molar-refractivity contribution in [3.05, 3.63) is 28.8 Å². The predicted molar refractivity (Wildman–Crippen MR) is 70.8 cm³/mol. The first-order valence-corrected chi connectivity index (χ1v) is 5.69. The van der Waals surface area contributed by atoms with E-state index in [1.165, 1.54) is 0 Å². The summed E-state index contributed by atoms with van der Waals surface area (Å²) in [6.07, 6.45) is 0.399. The van der Waals surface area contributed by atoms with Crippen molar-refractivity contribution in [1.29, 1.82) is 0 Å². The van der Waals surface area contributed by atoms with Crippen LogP contribution in [0.15, 0.2) is 18.2 Å². The van der Waals surface area contributed by atoms with Crippen LogP contribution in [0, 0.1) is 6.92 Å². The molecular weight excluding hydrogens is 244 g/mol. The molecule has 0 saturated heterocycles. The van der Waals surface area contributed by atoms with Crippen molar-refractivity contribution in [3.63, 3.8) is 0 Å². The molecule has 16 heavy (non-hydrogen) atoms. The van der Waals surface area contributed by atoms with Gasteiger partial charge in [0, 0.05) is 17.1 Å². The van der Waals surface area contributed by atoms with Crippen molar-refractivity contribution in [3.8, 4) is 0 Å². The van der Waals surface area contributed by atoms with Gasteiger partial charge in [-0.05, 0) is 36.8 Å². The Hall–Kier alpha value is -1.13. The first kappa shape index (κ1) is 12.9. The zero-order chi connectivity index (χ0) is 12.1. The predicted octanol–water partition coefficient (Wildman–Crippen LogP) is 2.87. The highest BCUT2D eigenvalue weighted by molar-refractivity contribution is 7.80. The largest absolute Gasteiger partial charge is 0.332 e. The summed E-state index contributed by atoms with van der Waals surface area (Å²) in [6.45, 7) is 3.65. The van der Waals surface area contributed by atoms with Gasteiger partial charge >= 0.3 is 0 Å². The van der Waals surface area contributed by atoms with Gasteiger partial charge in [-0.1, -0.05) is 24.6 Å². The Morgan fingerprint density at radius 1 is 1.50 bits per heavy atom. The molecule has 0 aliphatic rings. The topological polar surface area (TPSA) is 41.1 Å². The highest BCUT2D eigenvalue weighted by Crippen LogP contribution is 2.22. The number of carbonyl (C=O) groups excluding carboxylic acids is 1. The van der Waals surface area contributed by atoms with Gasteiger partial charge in [0.2, 0.25) is 5.91 Å². The number of nitrogens with one attached hydrogen (secondary N) is 2. The van der Waals surface area contributed by atoms with Gasteiger partial charge in [0.15, 0.2) is 5.11 Å². The summed E-state index contributed by atoms with van der Waals surface area (Å²) in [5.41, 5.74) is 1.70. The van der Waals surface area contributed by atoms with Crippen LogP contribution < -0.4 is 10.6 Å².